The molecule has 1 aromatic rings. The highest BCUT2D eigenvalue weighted by Crippen LogP contribution is 2.15. The van der Waals surface area contributed by atoms with Crippen LogP contribution in [-0.2, 0) is 6.42 Å². The van der Waals surface area contributed by atoms with Crippen LogP contribution >= 0.6 is 0 Å². The number of guanidine groups is 1. The summed E-state index contributed by atoms with van der Waals surface area (Å²) in [4.78, 5) is 4.59. The van der Waals surface area contributed by atoms with Crippen molar-refractivity contribution in [3.05, 3.63) is 35.4 Å². The molecular formula is C19H31F2N3O. The van der Waals surface area contributed by atoms with Gasteiger partial charge in [-0.05, 0) is 55.7 Å². The van der Waals surface area contributed by atoms with E-state index < -0.39 is 11.6 Å². The number of hydrogen-bond acceptors (Lipinski definition) is 2. The minimum absolute atomic E-state index is 0.169. The summed E-state index contributed by atoms with van der Waals surface area (Å²) in [6.07, 6.45) is 2.26. The first-order chi connectivity index (χ1) is 11.9. The molecule has 3 N–H and O–H groups in total. The van der Waals surface area contributed by atoms with E-state index in [0.717, 1.165) is 25.5 Å². The van der Waals surface area contributed by atoms with Gasteiger partial charge in [0.25, 0.3) is 0 Å². The zero-order valence-electron chi connectivity index (χ0n) is 15.5. The van der Waals surface area contributed by atoms with Crippen LogP contribution in [0.2, 0.25) is 0 Å². The van der Waals surface area contributed by atoms with Gasteiger partial charge in [-0.1, -0.05) is 13.8 Å². The van der Waals surface area contributed by atoms with Gasteiger partial charge in [0.1, 0.15) is 11.6 Å². The number of aliphatic hydroxyl groups excluding tert-OH is 1. The molecule has 0 saturated heterocycles. The third kappa shape index (κ3) is 9.39. The second kappa shape index (κ2) is 11.8. The number of halogens is 2. The Kier molecular flexibility index (Phi) is 10.1. The first-order valence-corrected chi connectivity index (χ1v) is 9.02. The van der Waals surface area contributed by atoms with Crippen molar-refractivity contribution in [2.45, 2.75) is 40.0 Å². The molecule has 1 atom stereocenters. The molecule has 0 amide bonds. The Morgan fingerprint density at radius 2 is 1.84 bits per heavy atom. The summed E-state index contributed by atoms with van der Waals surface area (Å²) in [5.41, 5.74) is 0.610. The van der Waals surface area contributed by atoms with Crippen LogP contribution in [0, 0.1) is 23.5 Å². The molecule has 142 valence electrons. The van der Waals surface area contributed by atoms with Gasteiger partial charge in [-0.2, -0.15) is 0 Å². The lowest BCUT2D eigenvalue weighted by atomic mass is 9.94. The Morgan fingerprint density at radius 3 is 2.40 bits per heavy atom. The molecule has 0 heterocycles. The van der Waals surface area contributed by atoms with Crippen molar-refractivity contribution in [2.75, 3.05) is 26.2 Å². The van der Waals surface area contributed by atoms with Gasteiger partial charge in [0.05, 0.1) is 0 Å². The Balaban J connectivity index is 2.56. The average molecular weight is 355 g/mol. The van der Waals surface area contributed by atoms with E-state index in [1.807, 2.05) is 6.92 Å². The third-order valence-electron chi connectivity index (χ3n) is 3.82. The summed E-state index contributed by atoms with van der Waals surface area (Å²) in [7, 11) is 0. The number of hydrogen-bond donors (Lipinski definition) is 3. The lowest BCUT2D eigenvalue weighted by Gasteiger charge is -2.17. The van der Waals surface area contributed by atoms with E-state index in [1.54, 1.807) is 0 Å². The second-order valence-corrected chi connectivity index (χ2v) is 6.68. The van der Waals surface area contributed by atoms with E-state index >= 15 is 0 Å². The highest BCUT2D eigenvalue weighted by Gasteiger charge is 2.10. The van der Waals surface area contributed by atoms with E-state index in [0.29, 0.717) is 42.9 Å². The van der Waals surface area contributed by atoms with Crippen molar-refractivity contribution in [3.8, 4) is 0 Å². The van der Waals surface area contributed by atoms with Gasteiger partial charge in [0.2, 0.25) is 0 Å². The van der Waals surface area contributed by atoms with Crippen molar-refractivity contribution in [2.24, 2.45) is 16.8 Å². The molecule has 1 unspecified atom stereocenters. The first kappa shape index (κ1) is 21.4. The SMILES string of the molecule is CCNC(=NCC(CCO)CC(C)C)NCCc1cc(F)cc(F)c1. The molecule has 0 aromatic heterocycles. The fourth-order valence-corrected chi connectivity index (χ4v) is 2.78. The summed E-state index contributed by atoms with van der Waals surface area (Å²) in [5, 5.41) is 15.6. The normalized spacial score (nSPS) is 13.2. The highest BCUT2D eigenvalue weighted by molar-refractivity contribution is 5.79. The van der Waals surface area contributed by atoms with Crippen molar-refractivity contribution in [1.29, 1.82) is 0 Å². The quantitative estimate of drug-likeness (QED) is 0.446. The van der Waals surface area contributed by atoms with Gasteiger partial charge < -0.3 is 15.7 Å². The summed E-state index contributed by atoms with van der Waals surface area (Å²) in [6.45, 7) is 8.38. The molecule has 0 bridgehead atoms. The lowest BCUT2D eigenvalue weighted by Crippen LogP contribution is -2.38. The maximum Gasteiger partial charge on any atom is 0.191 e. The summed E-state index contributed by atoms with van der Waals surface area (Å²) >= 11 is 0. The second-order valence-electron chi connectivity index (χ2n) is 6.68. The van der Waals surface area contributed by atoms with Gasteiger partial charge in [0.15, 0.2) is 5.96 Å². The lowest BCUT2D eigenvalue weighted by molar-refractivity contribution is 0.245. The Labute approximate surface area is 149 Å². The molecule has 4 nitrogen and oxygen atoms in total. The Morgan fingerprint density at radius 1 is 1.16 bits per heavy atom. The van der Waals surface area contributed by atoms with Crippen LogP contribution < -0.4 is 10.6 Å². The van der Waals surface area contributed by atoms with Crippen LogP contribution in [0.5, 0.6) is 0 Å². The zero-order chi connectivity index (χ0) is 18.7. The molecule has 1 rings (SSSR count). The molecular weight excluding hydrogens is 324 g/mol. The van der Waals surface area contributed by atoms with E-state index in [9.17, 15) is 13.9 Å². The minimum Gasteiger partial charge on any atom is -0.396 e. The maximum atomic E-state index is 13.2. The maximum absolute atomic E-state index is 13.2. The van der Waals surface area contributed by atoms with Crippen molar-refractivity contribution in [1.82, 2.24) is 10.6 Å². The predicted octanol–water partition coefficient (Wildman–Crippen LogP) is 3.11. The van der Waals surface area contributed by atoms with Gasteiger partial charge >= 0.3 is 0 Å². The monoisotopic (exact) mass is 355 g/mol. The molecule has 0 aliphatic heterocycles. The van der Waals surface area contributed by atoms with Crippen LogP contribution in [0.15, 0.2) is 23.2 Å². The van der Waals surface area contributed by atoms with E-state index in [-0.39, 0.29) is 6.61 Å². The smallest absolute Gasteiger partial charge is 0.191 e. The molecule has 0 spiro atoms. The van der Waals surface area contributed by atoms with Crippen molar-refractivity contribution >= 4 is 5.96 Å². The molecule has 0 radical (unpaired) electrons. The molecule has 0 aliphatic rings. The van der Waals surface area contributed by atoms with Crippen LogP contribution in [0.4, 0.5) is 8.78 Å². The highest BCUT2D eigenvalue weighted by atomic mass is 19.1. The van der Waals surface area contributed by atoms with Crippen molar-refractivity contribution < 1.29 is 13.9 Å². The van der Waals surface area contributed by atoms with E-state index in [2.05, 4.69) is 29.5 Å². The average Bonchev–Trinajstić information content (AvgIpc) is 2.51. The molecule has 0 fully saturated rings. The van der Waals surface area contributed by atoms with Crippen molar-refractivity contribution in [3.63, 3.8) is 0 Å². The number of nitrogens with zero attached hydrogens (tertiary/aromatic N) is 1. The molecule has 0 aliphatic carbocycles. The first-order valence-electron chi connectivity index (χ1n) is 9.02. The minimum atomic E-state index is -0.559. The topological polar surface area (TPSA) is 56.7 Å². The standard InChI is InChI=1S/C19H31F2N3O/c1-4-22-19(24-13-16(6-8-25)9-14(2)3)23-7-5-15-10-17(20)12-18(21)11-15/h10-12,14,16,25H,4-9,13H2,1-3H3,(H2,22,23,24). The fourth-order valence-electron chi connectivity index (χ4n) is 2.78. The van der Waals surface area contributed by atoms with Crippen LogP contribution in [-0.4, -0.2) is 37.3 Å². The predicted molar refractivity (Wildman–Crippen MR) is 98.7 cm³/mol. The largest absolute Gasteiger partial charge is 0.396 e. The number of nitrogens with one attached hydrogen (secondary N) is 2. The van der Waals surface area contributed by atoms with Crippen LogP contribution in [0.3, 0.4) is 0 Å². The van der Waals surface area contributed by atoms with Gasteiger partial charge in [0, 0.05) is 32.3 Å². The molecule has 6 heteroatoms. The van der Waals surface area contributed by atoms with E-state index in [4.69, 9.17) is 0 Å². The van der Waals surface area contributed by atoms with Gasteiger partial charge in [-0.3, -0.25) is 4.99 Å². The number of aliphatic hydroxyl groups is 1. The summed E-state index contributed by atoms with van der Waals surface area (Å²) < 4.78 is 26.4. The molecule has 25 heavy (non-hydrogen) atoms. The number of benzene rings is 1. The fraction of sp³-hybridized carbons (Fsp3) is 0.632. The number of aliphatic imine (C=N–C) groups is 1. The molecule has 1 aromatic carbocycles. The molecule has 0 saturated carbocycles. The van der Waals surface area contributed by atoms with E-state index in [1.165, 1.54) is 12.1 Å². The number of rotatable bonds is 10. The zero-order valence-corrected chi connectivity index (χ0v) is 15.5. The van der Waals surface area contributed by atoms with Gasteiger partial charge in [-0.15, -0.1) is 0 Å². The summed E-state index contributed by atoms with van der Waals surface area (Å²) in [5.74, 6) is 0.473. The Hall–Kier alpha value is -1.69. The summed E-state index contributed by atoms with van der Waals surface area (Å²) in [6, 6.07) is 3.56. The van der Waals surface area contributed by atoms with Gasteiger partial charge in [-0.25, -0.2) is 8.78 Å². The van der Waals surface area contributed by atoms with Crippen LogP contribution in [0.25, 0.3) is 0 Å². The van der Waals surface area contributed by atoms with Crippen LogP contribution in [0.1, 0.15) is 39.2 Å². The third-order valence-corrected chi connectivity index (χ3v) is 3.82. The Bertz CT molecular complexity index is 515.